The summed E-state index contributed by atoms with van der Waals surface area (Å²) in [4.78, 5) is 11.3. The number of ether oxygens (including phenoxy) is 1. The molecule has 78 valence electrons. The molecule has 0 aromatic heterocycles. The number of hydrogen-bond acceptors (Lipinski definition) is 3. The second kappa shape index (κ2) is 5.62. The molecule has 0 aliphatic heterocycles. The van der Waals surface area contributed by atoms with E-state index >= 15 is 0 Å². The van der Waals surface area contributed by atoms with Crippen molar-refractivity contribution in [1.29, 1.82) is 0 Å². The molecule has 1 atom stereocenters. The van der Waals surface area contributed by atoms with Gasteiger partial charge in [-0.1, -0.05) is 18.2 Å². The van der Waals surface area contributed by atoms with E-state index in [1.165, 1.54) is 7.11 Å². The van der Waals surface area contributed by atoms with Crippen molar-refractivity contribution in [3.63, 3.8) is 0 Å². The van der Waals surface area contributed by atoms with Crippen LogP contribution in [0, 0.1) is 0 Å². The number of carbonyl (C=O) groups excluding carboxylic acids is 1. The lowest BCUT2D eigenvalue weighted by molar-refractivity contribution is 0.0599. The maximum absolute atomic E-state index is 11.3. The molecular formula is C10H14ClNO2. The first-order valence-corrected chi connectivity index (χ1v) is 4.09. The summed E-state index contributed by atoms with van der Waals surface area (Å²) in [6.07, 6.45) is 0. The lowest BCUT2D eigenvalue weighted by atomic mass is 10.0. The van der Waals surface area contributed by atoms with Crippen molar-refractivity contribution in [1.82, 2.24) is 0 Å². The van der Waals surface area contributed by atoms with Gasteiger partial charge in [-0.05, 0) is 18.6 Å². The Morgan fingerprint density at radius 3 is 2.50 bits per heavy atom. The predicted octanol–water partition coefficient (Wildman–Crippen LogP) is 1.91. The molecule has 0 amide bonds. The Balaban J connectivity index is 0.00000169. The van der Waals surface area contributed by atoms with E-state index in [1.54, 1.807) is 12.1 Å². The number of hydrogen-bond donors (Lipinski definition) is 1. The third-order valence-electron chi connectivity index (χ3n) is 1.86. The summed E-state index contributed by atoms with van der Waals surface area (Å²) in [5.74, 6) is -0.340. The number of carbonyl (C=O) groups is 1. The van der Waals surface area contributed by atoms with Gasteiger partial charge in [-0.2, -0.15) is 0 Å². The SMILES string of the molecule is COC(=O)c1ccccc1[C@@H](C)N.Cl. The molecule has 1 rings (SSSR count). The Bertz CT molecular complexity index is 313. The highest BCUT2D eigenvalue weighted by Crippen LogP contribution is 2.15. The Morgan fingerprint density at radius 1 is 1.43 bits per heavy atom. The molecule has 0 saturated heterocycles. The minimum Gasteiger partial charge on any atom is -0.465 e. The van der Waals surface area contributed by atoms with Crippen molar-refractivity contribution in [3.8, 4) is 0 Å². The van der Waals surface area contributed by atoms with E-state index in [9.17, 15) is 4.79 Å². The molecule has 2 N–H and O–H groups in total. The number of esters is 1. The largest absolute Gasteiger partial charge is 0.465 e. The smallest absolute Gasteiger partial charge is 0.338 e. The van der Waals surface area contributed by atoms with E-state index < -0.39 is 0 Å². The molecule has 0 fully saturated rings. The zero-order chi connectivity index (χ0) is 9.84. The zero-order valence-corrected chi connectivity index (χ0v) is 9.01. The fraction of sp³-hybridized carbons (Fsp3) is 0.300. The van der Waals surface area contributed by atoms with Gasteiger partial charge in [-0.3, -0.25) is 0 Å². The molecule has 1 aromatic carbocycles. The van der Waals surface area contributed by atoms with Gasteiger partial charge in [0.15, 0.2) is 0 Å². The summed E-state index contributed by atoms with van der Waals surface area (Å²) in [6, 6.07) is 7.03. The summed E-state index contributed by atoms with van der Waals surface area (Å²) in [5, 5.41) is 0. The van der Waals surface area contributed by atoms with Crippen LogP contribution < -0.4 is 5.73 Å². The topological polar surface area (TPSA) is 52.3 Å². The lowest BCUT2D eigenvalue weighted by Crippen LogP contribution is -2.12. The van der Waals surface area contributed by atoms with Crippen LogP contribution in [0.1, 0.15) is 28.9 Å². The van der Waals surface area contributed by atoms with Crippen molar-refractivity contribution in [2.24, 2.45) is 5.73 Å². The van der Waals surface area contributed by atoms with Crippen molar-refractivity contribution >= 4 is 18.4 Å². The van der Waals surface area contributed by atoms with Crippen molar-refractivity contribution in [2.75, 3.05) is 7.11 Å². The van der Waals surface area contributed by atoms with E-state index in [-0.39, 0.29) is 24.4 Å². The molecule has 0 radical (unpaired) electrons. The van der Waals surface area contributed by atoms with Crippen molar-refractivity contribution < 1.29 is 9.53 Å². The quantitative estimate of drug-likeness (QED) is 0.767. The van der Waals surface area contributed by atoms with Crippen LogP contribution >= 0.6 is 12.4 Å². The standard InChI is InChI=1S/C10H13NO2.ClH/c1-7(11)8-5-3-4-6-9(8)10(12)13-2;/h3-7H,11H2,1-2H3;1H/t7-;/m1./s1. The van der Waals surface area contributed by atoms with Gasteiger partial charge in [0, 0.05) is 6.04 Å². The average Bonchev–Trinajstić information content (AvgIpc) is 2.16. The van der Waals surface area contributed by atoms with E-state index in [4.69, 9.17) is 5.73 Å². The first-order valence-electron chi connectivity index (χ1n) is 4.09. The molecule has 0 saturated carbocycles. The molecule has 0 bridgehead atoms. The van der Waals surface area contributed by atoms with Crippen LogP contribution in [0.4, 0.5) is 0 Å². The number of benzene rings is 1. The van der Waals surface area contributed by atoms with Crippen LogP contribution in [0.3, 0.4) is 0 Å². The number of methoxy groups -OCH3 is 1. The molecular weight excluding hydrogens is 202 g/mol. The van der Waals surface area contributed by atoms with Crippen LogP contribution in [0.15, 0.2) is 24.3 Å². The number of nitrogens with two attached hydrogens (primary N) is 1. The molecule has 0 heterocycles. The third kappa shape index (κ3) is 2.72. The average molecular weight is 216 g/mol. The second-order valence-electron chi connectivity index (χ2n) is 2.87. The van der Waals surface area contributed by atoms with Gasteiger partial charge in [0.1, 0.15) is 0 Å². The van der Waals surface area contributed by atoms with E-state index in [0.717, 1.165) is 5.56 Å². The van der Waals surface area contributed by atoms with Gasteiger partial charge in [0.25, 0.3) is 0 Å². The molecule has 1 aromatic rings. The number of rotatable bonds is 2. The van der Waals surface area contributed by atoms with Gasteiger partial charge in [0.2, 0.25) is 0 Å². The fourth-order valence-corrected chi connectivity index (χ4v) is 1.19. The van der Waals surface area contributed by atoms with Gasteiger partial charge < -0.3 is 10.5 Å². The normalized spacial score (nSPS) is 11.4. The molecule has 3 nitrogen and oxygen atoms in total. The Morgan fingerprint density at radius 2 is 2.00 bits per heavy atom. The Hall–Kier alpha value is -1.06. The monoisotopic (exact) mass is 215 g/mol. The van der Waals surface area contributed by atoms with Crippen LogP contribution in [0.2, 0.25) is 0 Å². The first kappa shape index (κ1) is 12.9. The van der Waals surface area contributed by atoms with E-state index in [1.807, 2.05) is 19.1 Å². The molecule has 0 spiro atoms. The number of halogens is 1. The van der Waals surface area contributed by atoms with E-state index in [0.29, 0.717) is 5.56 Å². The molecule has 0 aliphatic carbocycles. The van der Waals surface area contributed by atoms with Gasteiger partial charge in [-0.15, -0.1) is 12.4 Å². The highest BCUT2D eigenvalue weighted by molar-refractivity contribution is 5.91. The summed E-state index contributed by atoms with van der Waals surface area (Å²) < 4.78 is 4.63. The predicted molar refractivity (Wildman–Crippen MR) is 57.6 cm³/mol. The Kier molecular flexibility index (Phi) is 5.20. The van der Waals surface area contributed by atoms with Gasteiger partial charge >= 0.3 is 5.97 Å². The summed E-state index contributed by atoms with van der Waals surface area (Å²) in [5.41, 5.74) is 7.06. The van der Waals surface area contributed by atoms with Crippen molar-refractivity contribution in [3.05, 3.63) is 35.4 Å². The van der Waals surface area contributed by atoms with Crippen LogP contribution in [0.5, 0.6) is 0 Å². The highest BCUT2D eigenvalue weighted by atomic mass is 35.5. The lowest BCUT2D eigenvalue weighted by Gasteiger charge is -2.09. The first-order chi connectivity index (χ1) is 6.16. The minimum absolute atomic E-state index is 0. The van der Waals surface area contributed by atoms with Gasteiger partial charge in [0.05, 0.1) is 12.7 Å². The summed E-state index contributed by atoms with van der Waals surface area (Å²) in [6.45, 7) is 1.84. The molecule has 0 unspecified atom stereocenters. The zero-order valence-electron chi connectivity index (χ0n) is 8.19. The molecule has 14 heavy (non-hydrogen) atoms. The Labute approximate surface area is 89.7 Å². The van der Waals surface area contributed by atoms with Crippen LogP contribution in [-0.2, 0) is 4.74 Å². The third-order valence-corrected chi connectivity index (χ3v) is 1.86. The van der Waals surface area contributed by atoms with Crippen molar-refractivity contribution in [2.45, 2.75) is 13.0 Å². The summed E-state index contributed by atoms with van der Waals surface area (Å²) >= 11 is 0. The van der Waals surface area contributed by atoms with Crippen LogP contribution in [-0.4, -0.2) is 13.1 Å². The van der Waals surface area contributed by atoms with Gasteiger partial charge in [-0.25, -0.2) is 4.79 Å². The minimum atomic E-state index is -0.340. The van der Waals surface area contributed by atoms with E-state index in [2.05, 4.69) is 4.74 Å². The van der Waals surface area contributed by atoms with Crippen LogP contribution in [0.25, 0.3) is 0 Å². The highest BCUT2D eigenvalue weighted by Gasteiger charge is 2.12. The molecule has 0 aliphatic rings. The maximum Gasteiger partial charge on any atom is 0.338 e. The fourth-order valence-electron chi connectivity index (χ4n) is 1.19. The second-order valence-corrected chi connectivity index (χ2v) is 2.87. The maximum atomic E-state index is 11.3. The summed E-state index contributed by atoms with van der Waals surface area (Å²) in [7, 11) is 1.36. The molecule has 4 heteroatoms.